The lowest BCUT2D eigenvalue weighted by Gasteiger charge is -2.38. The Morgan fingerprint density at radius 2 is 1.93 bits per heavy atom. The summed E-state index contributed by atoms with van der Waals surface area (Å²) in [6.45, 7) is 8.61. The van der Waals surface area contributed by atoms with Crippen molar-refractivity contribution in [1.82, 2.24) is 0 Å². The van der Waals surface area contributed by atoms with Crippen LogP contribution < -0.4 is 12.4 Å². The molecule has 0 aromatic carbocycles. The van der Waals surface area contributed by atoms with Gasteiger partial charge in [-0.05, 0) is 6.92 Å². The monoisotopic (exact) mass is 237 g/mol. The Labute approximate surface area is 97.5 Å². The molecule has 0 fully saturated rings. The number of esters is 1. The molecule has 0 aromatic rings. The molecule has 0 saturated heterocycles. The maximum atomic E-state index is 11.3. The number of carbonyl (C=O) groups is 1. The van der Waals surface area contributed by atoms with Gasteiger partial charge in [-0.25, -0.2) is 10.0 Å². The molecular weight excluding hydrogens is 218 g/mol. The first-order chi connectivity index (χ1) is 6.14. The first-order valence-corrected chi connectivity index (χ1v) is 4.59. The van der Waals surface area contributed by atoms with E-state index in [0.29, 0.717) is 12.0 Å². The van der Waals surface area contributed by atoms with Crippen LogP contribution in [0.1, 0.15) is 27.2 Å². The topological polar surface area (TPSA) is 46.5 Å². The minimum atomic E-state index is -0.934. The van der Waals surface area contributed by atoms with Crippen LogP contribution in [-0.4, -0.2) is 35.6 Å². The van der Waals surface area contributed by atoms with Crippen molar-refractivity contribution in [3.63, 3.8) is 0 Å². The van der Waals surface area contributed by atoms with Crippen LogP contribution in [0, 0.1) is 0 Å². The van der Waals surface area contributed by atoms with E-state index in [9.17, 15) is 10.0 Å². The molecule has 0 spiro atoms. The second-order valence-corrected chi connectivity index (χ2v) is 4.09. The smallest absolute Gasteiger partial charge is 0.337 e. The van der Waals surface area contributed by atoms with Gasteiger partial charge >= 0.3 is 5.97 Å². The second-order valence-electron chi connectivity index (χ2n) is 4.09. The molecule has 0 rings (SSSR count). The third kappa shape index (κ3) is 4.20. The number of quaternary nitrogens is 1. The van der Waals surface area contributed by atoms with E-state index in [0.717, 1.165) is 0 Å². The Kier molecular flexibility index (Phi) is 6.16. The van der Waals surface area contributed by atoms with Crippen molar-refractivity contribution in [3.8, 4) is 0 Å². The average molecular weight is 238 g/mol. The number of nitrogens with zero attached hydrogens (tertiary/aromatic N) is 1. The molecule has 1 N–H and O–H groups in total. The first-order valence-electron chi connectivity index (χ1n) is 4.59. The van der Waals surface area contributed by atoms with Crippen molar-refractivity contribution in [2.45, 2.75) is 32.9 Å². The van der Waals surface area contributed by atoms with Crippen molar-refractivity contribution < 1.29 is 31.8 Å². The van der Waals surface area contributed by atoms with Crippen molar-refractivity contribution >= 4 is 5.97 Å². The van der Waals surface area contributed by atoms with Crippen LogP contribution in [0.25, 0.3) is 0 Å². The maximum absolute atomic E-state index is 11.3. The van der Waals surface area contributed by atoms with Gasteiger partial charge in [0.15, 0.2) is 0 Å². The zero-order valence-electron chi connectivity index (χ0n) is 10.0. The molecule has 0 radical (unpaired) electrons. The fraction of sp³-hybridized carbons (Fsp3) is 0.700. The molecule has 0 aliphatic carbocycles. The molecule has 5 heteroatoms. The highest BCUT2D eigenvalue weighted by Crippen LogP contribution is 2.24. The Bertz CT molecular complexity index is 248. The molecule has 1 unspecified atom stereocenters. The lowest BCUT2D eigenvalue weighted by atomic mass is 10.1. The summed E-state index contributed by atoms with van der Waals surface area (Å²) >= 11 is 0. The Hall–Kier alpha value is -0.580. The van der Waals surface area contributed by atoms with Gasteiger partial charge in [-0.15, -0.1) is 0 Å². The highest BCUT2D eigenvalue weighted by molar-refractivity contribution is 5.87. The summed E-state index contributed by atoms with van der Waals surface area (Å²) in [7, 11) is 3.13. The molecule has 0 aliphatic rings. The van der Waals surface area contributed by atoms with Gasteiger partial charge < -0.3 is 17.1 Å². The predicted molar refractivity (Wildman–Crippen MR) is 53.5 cm³/mol. The zero-order valence-corrected chi connectivity index (χ0v) is 10.8. The predicted octanol–water partition coefficient (Wildman–Crippen LogP) is -1.30. The van der Waals surface area contributed by atoms with Gasteiger partial charge in [-0.1, -0.05) is 13.5 Å². The number of ether oxygens (including phenoxy) is 1. The van der Waals surface area contributed by atoms with Crippen molar-refractivity contribution in [2.24, 2.45) is 0 Å². The van der Waals surface area contributed by atoms with Gasteiger partial charge in [-0.2, -0.15) is 4.65 Å². The summed E-state index contributed by atoms with van der Waals surface area (Å²) in [6, 6.07) is 0. The number of hydrogen-bond acceptors (Lipinski definition) is 3. The summed E-state index contributed by atoms with van der Waals surface area (Å²) in [5.41, 5.74) is -0.603. The van der Waals surface area contributed by atoms with Crippen LogP contribution in [-0.2, 0) is 9.53 Å². The Morgan fingerprint density at radius 1 is 1.53 bits per heavy atom. The summed E-state index contributed by atoms with van der Waals surface area (Å²) in [6.07, 6.45) is 0.523. The van der Waals surface area contributed by atoms with E-state index in [1.54, 1.807) is 27.9 Å². The standard InChI is InChI=1S/C10H20NO3.ClH/c1-7-10(4,11(5,6)13)14-9(12)8(2)3;/h13H,2,7H2,1,3-6H3;1H/q+1;/p-1. The van der Waals surface area contributed by atoms with E-state index in [2.05, 4.69) is 6.58 Å². The third-order valence-electron chi connectivity index (χ3n) is 2.47. The van der Waals surface area contributed by atoms with Crippen LogP contribution in [0.15, 0.2) is 12.2 Å². The lowest BCUT2D eigenvalue weighted by Crippen LogP contribution is -3.00. The number of rotatable bonds is 4. The van der Waals surface area contributed by atoms with Crippen molar-refractivity contribution in [2.75, 3.05) is 14.1 Å². The molecular formula is C10H20ClNO3. The fourth-order valence-electron chi connectivity index (χ4n) is 0.858. The van der Waals surface area contributed by atoms with Gasteiger partial charge in [0.2, 0.25) is 0 Å². The van der Waals surface area contributed by atoms with E-state index < -0.39 is 16.3 Å². The van der Waals surface area contributed by atoms with Gasteiger partial charge in [0.05, 0.1) is 0 Å². The van der Waals surface area contributed by atoms with E-state index in [1.807, 2.05) is 6.92 Å². The van der Waals surface area contributed by atoms with Crippen molar-refractivity contribution in [3.05, 3.63) is 12.2 Å². The molecule has 0 amide bonds. The van der Waals surface area contributed by atoms with Crippen LogP contribution in [0.3, 0.4) is 0 Å². The Balaban J connectivity index is 0. The molecule has 15 heavy (non-hydrogen) atoms. The number of hydroxylamine groups is 3. The molecule has 0 bridgehead atoms. The fourth-order valence-corrected chi connectivity index (χ4v) is 0.858. The molecule has 90 valence electrons. The number of carbonyl (C=O) groups excluding carboxylic acids is 1. The second kappa shape index (κ2) is 5.49. The van der Waals surface area contributed by atoms with Gasteiger partial charge in [0, 0.05) is 18.9 Å². The van der Waals surface area contributed by atoms with Crippen LogP contribution in [0.5, 0.6) is 0 Å². The number of hydrogen-bond donors (Lipinski definition) is 1. The minimum absolute atomic E-state index is 0. The van der Waals surface area contributed by atoms with E-state index in [4.69, 9.17) is 4.74 Å². The van der Waals surface area contributed by atoms with Gasteiger partial charge in [-0.3, -0.25) is 0 Å². The van der Waals surface area contributed by atoms with Crippen LogP contribution in [0.4, 0.5) is 0 Å². The summed E-state index contributed by atoms with van der Waals surface area (Å²) in [5, 5.41) is 9.80. The normalized spacial score (nSPS) is 14.8. The molecule has 4 nitrogen and oxygen atoms in total. The highest BCUT2D eigenvalue weighted by atomic mass is 35.5. The van der Waals surface area contributed by atoms with E-state index >= 15 is 0 Å². The molecule has 0 aliphatic heterocycles. The zero-order chi connectivity index (χ0) is 11.6. The van der Waals surface area contributed by atoms with Crippen LogP contribution >= 0.6 is 0 Å². The summed E-state index contributed by atoms with van der Waals surface area (Å²) < 4.78 is 4.78. The third-order valence-corrected chi connectivity index (χ3v) is 2.47. The largest absolute Gasteiger partial charge is 1.00 e. The van der Waals surface area contributed by atoms with Gasteiger partial charge in [0.25, 0.3) is 5.72 Å². The molecule has 0 heterocycles. The average Bonchev–Trinajstić information content (AvgIpc) is 2.01. The van der Waals surface area contributed by atoms with Crippen molar-refractivity contribution in [1.29, 1.82) is 0 Å². The van der Waals surface area contributed by atoms with Crippen LogP contribution in [0.2, 0.25) is 0 Å². The van der Waals surface area contributed by atoms with E-state index in [-0.39, 0.29) is 12.4 Å². The molecule has 1 atom stereocenters. The molecule has 0 aromatic heterocycles. The maximum Gasteiger partial charge on any atom is 0.337 e. The number of halogens is 1. The van der Waals surface area contributed by atoms with Gasteiger partial charge in [0.1, 0.15) is 14.1 Å². The SMILES string of the molecule is C=C(C)C(=O)OC(C)(CC)[N+](C)(C)O.[Cl-]. The first kappa shape index (κ1) is 16.8. The quantitative estimate of drug-likeness (QED) is 0.217. The summed E-state index contributed by atoms with van der Waals surface area (Å²) in [5.74, 6) is -0.477. The summed E-state index contributed by atoms with van der Waals surface area (Å²) in [4.78, 5) is 11.3. The lowest BCUT2D eigenvalue weighted by molar-refractivity contribution is -1.13. The highest BCUT2D eigenvalue weighted by Gasteiger charge is 2.43. The Morgan fingerprint density at radius 3 is 2.13 bits per heavy atom. The minimum Gasteiger partial charge on any atom is -1.00 e. The molecule has 0 saturated carbocycles. The van der Waals surface area contributed by atoms with E-state index in [1.165, 1.54) is 0 Å².